The minimum absolute atomic E-state index is 0.566. The zero-order chi connectivity index (χ0) is 16.8. The molecule has 124 valence electrons. The Morgan fingerprint density at radius 2 is 1.62 bits per heavy atom. The molecule has 2 heteroatoms. The smallest absolute Gasteiger partial charge is 0.108 e. The Morgan fingerprint density at radius 1 is 1.04 bits per heavy atom. The fourth-order valence-electron chi connectivity index (χ4n) is 3.90. The summed E-state index contributed by atoms with van der Waals surface area (Å²) in [6.45, 7) is 5.63. The van der Waals surface area contributed by atoms with Gasteiger partial charge in [-0.2, -0.15) is 5.26 Å². The van der Waals surface area contributed by atoms with Gasteiger partial charge in [0.15, 0.2) is 0 Å². The zero-order valence-corrected chi connectivity index (χ0v) is 14.5. The van der Waals surface area contributed by atoms with Gasteiger partial charge in [0.25, 0.3) is 0 Å². The van der Waals surface area contributed by atoms with Crippen LogP contribution in [0.5, 0.6) is 0 Å². The molecule has 0 saturated carbocycles. The molecule has 24 heavy (non-hydrogen) atoms. The van der Waals surface area contributed by atoms with Crippen LogP contribution in [0, 0.1) is 17.2 Å². The van der Waals surface area contributed by atoms with Gasteiger partial charge in [-0.15, -0.1) is 0 Å². The third-order valence-corrected chi connectivity index (χ3v) is 5.27. The topological polar surface area (TPSA) is 27.0 Å². The van der Waals surface area contributed by atoms with Gasteiger partial charge in [-0.25, -0.2) is 0 Å². The van der Waals surface area contributed by atoms with Gasteiger partial charge in [-0.05, 0) is 42.9 Å². The van der Waals surface area contributed by atoms with E-state index in [0.29, 0.717) is 0 Å². The summed E-state index contributed by atoms with van der Waals surface area (Å²) in [6.07, 6.45) is 3.44. The van der Waals surface area contributed by atoms with Crippen molar-refractivity contribution in [3.05, 3.63) is 71.8 Å². The Kier molecular flexibility index (Phi) is 5.33. The molecular formula is C22H26N2. The maximum atomic E-state index is 10.2. The lowest BCUT2D eigenvalue weighted by atomic mass is 9.73. The molecule has 1 atom stereocenters. The molecule has 0 aromatic heterocycles. The first-order chi connectivity index (χ1) is 11.7. The highest BCUT2D eigenvalue weighted by molar-refractivity contribution is 5.45. The van der Waals surface area contributed by atoms with Gasteiger partial charge in [0.1, 0.15) is 5.41 Å². The van der Waals surface area contributed by atoms with E-state index in [1.165, 1.54) is 12.8 Å². The van der Waals surface area contributed by atoms with Crippen molar-refractivity contribution in [3.63, 3.8) is 0 Å². The van der Waals surface area contributed by atoms with Crippen molar-refractivity contribution >= 4 is 0 Å². The lowest BCUT2D eigenvalue weighted by molar-refractivity contribution is 0.176. The van der Waals surface area contributed by atoms with Crippen LogP contribution in [-0.2, 0) is 5.41 Å². The number of piperidine rings is 1. The minimum atomic E-state index is -0.566. The van der Waals surface area contributed by atoms with E-state index < -0.39 is 5.41 Å². The van der Waals surface area contributed by atoms with Crippen LogP contribution in [0.4, 0.5) is 0 Å². The van der Waals surface area contributed by atoms with E-state index in [9.17, 15) is 5.26 Å². The first kappa shape index (κ1) is 16.7. The molecule has 1 heterocycles. The Balaban J connectivity index is 1.89. The fourth-order valence-corrected chi connectivity index (χ4v) is 3.90. The summed E-state index contributed by atoms with van der Waals surface area (Å²) in [5, 5.41) is 10.2. The Bertz CT molecular complexity index is 633. The van der Waals surface area contributed by atoms with Gasteiger partial charge in [0.2, 0.25) is 0 Å². The van der Waals surface area contributed by atoms with Crippen molar-refractivity contribution in [3.8, 4) is 6.07 Å². The predicted octanol–water partition coefficient (Wildman–Crippen LogP) is 4.62. The van der Waals surface area contributed by atoms with Crippen LogP contribution in [0.1, 0.15) is 37.3 Å². The van der Waals surface area contributed by atoms with Crippen molar-refractivity contribution in [2.24, 2.45) is 5.92 Å². The molecule has 2 aromatic carbocycles. The average Bonchev–Trinajstić information content (AvgIpc) is 2.64. The molecule has 1 aliphatic heterocycles. The molecule has 0 spiro atoms. The molecule has 2 aromatic rings. The van der Waals surface area contributed by atoms with E-state index in [1.54, 1.807) is 0 Å². The number of nitrogens with zero attached hydrogens (tertiary/aromatic N) is 2. The Morgan fingerprint density at radius 3 is 2.12 bits per heavy atom. The van der Waals surface area contributed by atoms with E-state index in [1.807, 2.05) is 36.4 Å². The van der Waals surface area contributed by atoms with Crippen molar-refractivity contribution in [2.75, 3.05) is 19.6 Å². The van der Waals surface area contributed by atoms with Crippen LogP contribution >= 0.6 is 0 Å². The summed E-state index contributed by atoms with van der Waals surface area (Å²) in [5.74, 6) is 0.767. The van der Waals surface area contributed by atoms with Crippen LogP contribution in [0.15, 0.2) is 60.7 Å². The molecule has 0 amide bonds. The quantitative estimate of drug-likeness (QED) is 0.804. The number of benzene rings is 2. The molecule has 1 fully saturated rings. The lowest BCUT2D eigenvalue weighted by Crippen LogP contribution is -2.38. The van der Waals surface area contributed by atoms with Crippen LogP contribution in [0.3, 0.4) is 0 Å². The molecule has 2 nitrogen and oxygen atoms in total. The lowest BCUT2D eigenvalue weighted by Gasteiger charge is -2.34. The SMILES string of the molecule is C[C@H]1CCCN(CCC(C#N)(c2ccccc2)c2ccccc2)C1. The Hall–Kier alpha value is -2.11. The van der Waals surface area contributed by atoms with E-state index >= 15 is 0 Å². The summed E-state index contributed by atoms with van der Waals surface area (Å²) in [6, 6.07) is 23.2. The number of rotatable bonds is 5. The standard InChI is InChI=1S/C22H26N2/c1-19-9-8-15-24(17-19)16-14-22(18-23,20-10-4-2-5-11-20)21-12-6-3-7-13-21/h2-7,10-13,19H,8-9,14-17H2,1H3/t19-/m0/s1. The number of nitriles is 1. The van der Waals surface area contributed by atoms with Gasteiger partial charge in [0.05, 0.1) is 6.07 Å². The molecule has 0 bridgehead atoms. The predicted molar refractivity (Wildman–Crippen MR) is 98.7 cm³/mol. The molecule has 0 aliphatic carbocycles. The molecule has 1 saturated heterocycles. The molecular weight excluding hydrogens is 292 g/mol. The molecule has 3 rings (SSSR count). The van der Waals surface area contributed by atoms with Crippen LogP contribution in [-0.4, -0.2) is 24.5 Å². The molecule has 0 unspecified atom stereocenters. The van der Waals surface area contributed by atoms with E-state index in [0.717, 1.165) is 43.1 Å². The highest BCUT2D eigenvalue weighted by Gasteiger charge is 2.35. The van der Waals surface area contributed by atoms with Crippen molar-refractivity contribution in [1.29, 1.82) is 5.26 Å². The third-order valence-electron chi connectivity index (χ3n) is 5.27. The Labute approximate surface area is 145 Å². The van der Waals surface area contributed by atoms with Crippen LogP contribution in [0.25, 0.3) is 0 Å². The molecule has 0 N–H and O–H groups in total. The molecule has 1 aliphatic rings. The highest BCUT2D eigenvalue weighted by Crippen LogP contribution is 2.35. The minimum Gasteiger partial charge on any atom is -0.303 e. The summed E-state index contributed by atoms with van der Waals surface area (Å²) in [5.41, 5.74) is 1.64. The second-order valence-electron chi connectivity index (χ2n) is 7.05. The van der Waals surface area contributed by atoms with Gasteiger partial charge >= 0.3 is 0 Å². The second kappa shape index (κ2) is 7.64. The first-order valence-electron chi connectivity index (χ1n) is 8.99. The van der Waals surface area contributed by atoms with Gasteiger partial charge < -0.3 is 4.90 Å². The third kappa shape index (κ3) is 3.52. The monoisotopic (exact) mass is 318 g/mol. The van der Waals surface area contributed by atoms with Crippen LogP contribution in [0.2, 0.25) is 0 Å². The van der Waals surface area contributed by atoms with Crippen LogP contribution < -0.4 is 0 Å². The second-order valence-corrected chi connectivity index (χ2v) is 7.05. The largest absolute Gasteiger partial charge is 0.303 e. The maximum Gasteiger partial charge on any atom is 0.108 e. The molecule has 0 radical (unpaired) electrons. The van der Waals surface area contributed by atoms with Gasteiger partial charge in [-0.1, -0.05) is 67.6 Å². The van der Waals surface area contributed by atoms with E-state index in [2.05, 4.69) is 42.2 Å². The summed E-state index contributed by atoms with van der Waals surface area (Å²) < 4.78 is 0. The fraction of sp³-hybridized carbons (Fsp3) is 0.409. The average molecular weight is 318 g/mol. The summed E-state index contributed by atoms with van der Waals surface area (Å²) in [7, 11) is 0. The maximum absolute atomic E-state index is 10.2. The summed E-state index contributed by atoms with van der Waals surface area (Å²) >= 11 is 0. The number of likely N-dealkylation sites (tertiary alicyclic amines) is 1. The number of hydrogen-bond donors (Lipinski definition) is 0. The highest BCUT2D eigenvalue weighted by atomic mass is 15.1. The number of hydrogen-bond acceptors (Lipinski definition) is 2. The van der Waals surface area contributed by atoms with Crippen molar-refractivity contribution in [2.45, 2.75) is 31.6 Å². The van der Waals surface area contributed by atoms with E-state index in [-0.39, 0.29) is 0 Å². The van der Waals surface area contributed by atoms with Gasteiger partial charge in [-0.3, -0.25) is 0 Å². The van der Waals surface area contributed by atoms with Crippen molar-refractivity contribution in [1.82, 2.24) is 4.90 Å². The van der Waals surface area contributed by atoms with E-state index in [4.69, 9.17) is 0 Å². The first-order valence-corrected chi connectivity index (χ1v) is 8.99. The zero-order valence-electron chi connectivity index (χ0n) is 14.5. The summed E-state index contributed by atoms with van der Waals surface area (Å²) in [4.78, 5) is 2.53. The normalized spacial score (nSPS) is 18.9. The van der Waals surface area contributed by atoms with Crippen molar-refractivity contribution < 1.29 is 0 Å². The van der Waals surface area contributed by atoms with Gasteiger partial charge in [0, 0.05) is 13.1 Å².